The van der Waals surface area contributed by atoms with Crippen LogP contribution in [0, 0.1) is 10.1 Å². The lowest BCUT2D eigenvalue weighted by Gasteiger charge is -2.21. The Morgan fingerprint density at radius 1 is 1.13 bits per heavy atom. The minimum absolute atomic E-state index is 0.102. The van der Waals surface area contributed by atoms with Crippen LogP contribution < -0.4 is 10.2 Å². The maximum absolute atomic E-state index is 12.3. The number of amides is 1. The SMILES string of the molecule is CCN(CC)c1cccc(NC(=O)c2cccc([N+](=O)[O-])c2)c1. The summed E-state index contributed by atoms with van der Waals surface area (Å²) in [5, 5.41) is 13.6. The standard InChI is InChI=1S/C17H19N3O3/c1-3-19(4-2)15-9-6-8-14(12-15)18-17(21)13-7-5-10-16(11-13)20(22)23/h5-12H,3-4H2,1-2H3,(H,18,21). The number of hydrogen-bond acceptors (Lipinski definition) is 4. The molecule has 0 unspecified atom stereocenters. The molecule has 1 N–H and O–H groups in total. The van der Waals surface area contributed by atoms with Crippen LogP contribution in [0.4, 0.5) is 17.1 Å². The van der Waals surface area contributed by atoms with Crippen LogP contribution in [-0.2, 0) is 0 Å². The van der Waals surface area contributed by atoms with Crippen LogP contribution in [0.3, 0.4) is 0 Å². The van der Waals surface area contributed by atoms with E-state index in [0.29, 0.717) is 5.69 Å². The summed E-state index contributed by atoms with van der Waals surface area (Å²) < 4.78 is 0. The van der Waals surface area contributed by atoms with Gasteiger partial charge in [-0.2, -0.15) is 0 Å². The zero-order chi connectivity index (χ0) is 16.8. The lowest BCUT2D eigenvalue weighted by atomic mass is 10.2. The van der Waals surface area contributed by atoms with Crippen molar-refractivity contribution < 1.29 is 9.72 Å². The Morgan fingerprint density at radius 3 is 2.48 bits per heavy atom. The van der Waals surface area contributed by atoms with Gasteiger partial charge in [-0.3, -0.25) is 14.9 Å². The average Bonchev–Trinajstić information content (AvgIpc) is 2.56. The van der Waals surface area contributed by atoms with Crippen molar-refractivity contribution in [1.29, 1.82) is 0 Å². The normalized spacial score (nSPS) is 10.2. The second-order valence-electron chi connectivity index (χ2n) is 4.98. The largest absolute Gasteiger partial charge is 0.372 e. The first kappa shape index (κ1) is 16.5. The quantitative estimate of drug-likeness (QED) is 0.652. The highest BCUT2D eigenvalue weighted by Crippen LogP contribution is 2.20. The maximum atomic E-state index is 12.3. The van der Waals surface area contributed by atoms with Gasteiger partial charge in [0.2, 0.25) is 0 Å². The van der Waals surface area contributed by atoms with Crippen LogP contribution in [0.25, 0.3) is 0 Å². The zero-order valence-electron chi connectivity index (χ0n) is 13.2. The van der Waals surface area contributed by atoms with Gasteiger partial charge < -0.3 is 10.2 Å². The van der Waals surface area contributed by atoms with Crippen LogP contribution in [0.5, 0.6) is 0 Å². The molecule has 6 heteroatoms. The molecule has 0 aliphatic carbocycles. The summed E-state index contributed by atoms with van der Waals surface area (Å²) in [5.74, 6) is -0.370. The summed E-state index contributed by atoms with van der Waals surface area (Å²) in [7, 11) is 0. The fraction of sp³-hybridized carbons (Fsp3) is 0.235. The highest BCUT2D eigenvalue weighted by atomic mass is 16.6. The van der Waals surface area contributed by atoms with Crippen molar-refractivity contribution in [3.8, 4) is 0 Å². The van der Waals surface area contributed by atoms with Gasteiger partial charge in [-0.1, -0.05) is 12.1 Å². The van der Waals surface area contributed by atoms with E-state index in [4.69, 9.17) is 0 Å². The summed E-state index contributed by atoms with van der Waals surface area (Å²) in [5.41, 5.74) is 1.83. The smallest absolute Gasteiger partial charge is 0.270 e. The van der Waals surface area contributed by atoms with E-state index < -0.39 is 4.92 Å². The molecule has 0 atom stereocenters. The van der Waals surface area contributed by atoms with Gasteiger partial charge in [-0.05, 0) is 38.1 Å². The molecule has 2 rings (SSSR count). The Bertz CT molecular complexity index is 712. The number of nitrogens with one attached hydrogen (secondary N) is 1. The molecule has 0 bridgehead atoms. The second-order valence-corrected chi connectivity index (χ2v) is 4.98. The molecule has 23 heavy (non-hydrogen) atoms. The summed E-state index contributed by atoms with van der Waals surface area (Å²) in [6.07, 6.45) is 0. The third-order valence-corrected chi connectivity index (χ3v) is 3.55. The molecule has 2 aromatic rings. The molecule has 1 amide bonds. The number of benzene rings is 2. The molecule has 6 nitrogen and oxygen atoms in total. The Morgan fingerprint density at radius 2 is 1.83 bits per heavy atom. The molecule has 0 aromatic heterocycles. The van der Waals surface area contributed by atoms with Gasteiger partial charge in [0, 0.05) is 42.2 Å². The molecule has 0 saturated heterocycles. The number of hydrogen-bond donors (Lipinski definition) is 1. The molecular formula is C17H19N3O3. The van der Waals surface area contributed by atoms with E-state index in [2.05, 4.69) is 24.1 Å². The monoisotopic (exact) mass is 313 g/mol. The molecule has 0 radical (unpaired) electrons. The average molecular weight is 313 g/mol. The lowest BCUT2D eigenvalue weighted by Crippen LogP contribution is -2.22. The highest BCUT2D eigenvalue weighted by Gasteiger charge is 2.12. The highest BCUT2D eigenvalue weighted by molar-refractivity contribution is 6.04. The molecule has 2 aromatic carbocycles. The third kappa shape index (κ3) is 4.06. The summed E-state index contributed by atoms with van der Waals surface area (Å²) >= 11 is 0. The van der Waals surface area contributed by atoms with Crippen LogP contribution >= 0.6 is 0 Å². The number of nitrogens with zero attached hydrogens (tertiary/aromatic N) is 2. The Hall–Kier alpha value is -2.89. The maximum Gasteiger partial charge on any atom is 0.270 e. The van der Waals surface area contributed by atoms with Gasteiger partial charge in [-0.15, -0.1) is 0 Å². The number of carbonyl (C=O) groups excluding carboxylic acids is 1. The van der Waals surface area contributed by atoms with Gasteiger partial charge >= 0.3 is 0 Å². The van der Waals surface area contributed by atoms with E-state index in [1.165, 1.54) is 18.2 Å². The van der Waals surface area contributed by atoms with Gasteiger partial charge in [0.05, 0.1) is 4.92 Å². The van der Waals surface area contributed by atoms with Crippen molar-refractivity contribution >= 4 is 23.0 Å². The second kappa shape index (κ2) is 7.40. The predicted octanol–water partition coefficient (Wildman–Crippen LogP) is 3.69. The van der Waals surface area contributed by atoms with Crippen molar-refractivity contribution in [1.82, 2.24) is 0 Å². The van der Waals surface area contributed by atoms with E-state index in [-0.39, 0.29) is 17.2 Å². The van der Waals surface area contributed by atoms with Crippen molar-refractivity contribution in [2.45, 2.75) is 13.8 Å². The van der Waals surface area contributed by atoms with Crippen LogP contribution in [-0.4, -0.2) is 23.9 Å². The first-order valence-electron chi connectivity index (χ1n) is 7.46. The molecule has 0 spiro atoms. The summed E-state index contributed by atoms with van der Waals surface area (Å²) in [4.78, 5) is 24.7. The number of anilines is 2. The van der Waals surface area contributed by atoms with E-state index in [9.17, 15) is 14.9 Å². The fourth-order valence-electron chi connectivity index (χ4n) is 2.33. The topological polar surface area (TPSA) is 75.5 Å². The Labute approximate surface area is 134 Å². The summed E-state index contributed by atoms with van der Waals surface area (Å²) in [6, 6.07) is 13.2. The zero-order valence-corrected chi connectivity index (χ0v) is 13.2. The van der Waals surface area contributed by atoms with E-state index >= 15 is 0 Å². The van der Waals surface area contributed by atoms with E-state index in [1.54, 1.807) is 12.1 Å². The van der Waals surface area contributed by atoms with Crippen molar-refractivity contribution in [2.24, 2.45) is 0 Å². The number of carbonyl (C=O) groups is 1. The third-order valence-electron chi connectivity index (χ3n) is 3.55. The van der Waals surface area contributed by atoms with Crippen LogP contribution in [0.2, 0.25) is 0 Å². The Balaban J connectivity index is 2.19. The number of nitro groups is 1. The predicted molar refractivity (Wildman–Crippen MR) is 91.1 cm³/mol. The van der Waals surface area contributed by atoms with Gasteiger partial charge in [0.25, 0.3) is 11.6 Å². The molecular weight excluding hydrogens is 294 g/mol. The van der Waals surface area contributed by atoms with Crippen LogP contribution in [0.15, 0.2) is 48.5 Å². The summed E-state index contributed by atoms with van der Waals surface area (Å²) in [6.45, 7) is 5.88. The minimum Gasteiger partial charge on any atom is -0.372 e. The number of rotatable bonds is 6. The minimum atomic E-state index is -0.516. The van der Waals surface area contributed by atoms with Crippen molar-refractivity contribution in [3.05, 3.63) is 64.2 Å². The first-order valence-corrected chi connectivity index (χ1v) is 7.46. The molecule has 0 aliphatic rings. The lowest BCUT2D eigenvalue weighted by molar-refractivity contribution is -0.384. The molecule has 0 saturated carbocycles. The van der Waals surface area contributed by atoms with Crippen molar-refractivity contribution in [3.63, 3.8) is 0 Å². The van der Waals surface area contributed by atoms with E-state index in [0.717, 1.165) is 18.8 Å². The number of nitro benzene ring substituents is 1. The molecule has 0 aliphatic heterocycles. The van der Waals surface area contributed by atoms with Crippen LogP contribution in [0.1, 0.15) is 24.2 Å². The van der Waals surface area contributed by atoms with Gasteiger partial charge in [-0.25, -0.2) is 0 Å². The Kier molecular flexibility index (Phi) is 5.30. The van der Waals surface area contributed by atoms with Crippen molar-refractivity contribution in [2.75, 3.05) is 23.3 Å². The van der Waals surface area contributed by atoms with Gasteiger partial charge in [0.15, 0.2) is 0 Å². The molecule has 0 fully saturated rings. The first-order chi connectivity index (χ1) is 11.0. The van der Waals surface area contributed by atoms with E-state index in [1.807, 2.05) is 18.2 Å². The molecule has 0 heterocycles. The fourth-order valence-corrected chi connectivity index (χ4v) is 2.33. The van der Waals surface area contributed by atoms with Gasteiger partial charge in [0.1, 0.15) is 0 Å². The molecule has 120 valence electrons. The number of non-ortho nitro benzene ring substituents is 1.